The minimum absolute atomic E-state index is 0.0590. The highest BCUT2D eigenvalue weighted by Crippen LogP contribution is 2.47. The molecular weight excluding hydrogens is 425 g/mol. The molecule has 156 valence electrons. The van der Waals surface area contributed by atoms with E-state index in [-0.39, 0.29) is 24.0 Å². The summed E-state index contributed by atoms with van der Waals surface area (Å²) in [5.41, 5.74) is 2.80. The van der Waals surface area contributed by atoms with Crippen LogP contribution in [-0.4, -0.2) is 25.9 Å². The Bertz CT molecular complexity index is 1060. The Labute approximate surface area is 185 Å². The molecule has 0 spiro atoms. The third-order valence-electron chi connectivity index (χ3n) is 5.65. The first-order chi connectivity index (χ1) is 14.5. The second-order valence-electron chi connectivity index (χ2n) is 7.30. The lowest BCUT2D eigenvalue weighted by molar-refractivity contribution is -0.119. The molecule has 0 fully saturated rings. The number of hydrogen-bond acceptors (Lipinski definition) is 4. The van der Waals surface area contributed by atoms with Gasteiger partial charge in [-0.3, -0.25) is 14.5 Å². The molecule has 5 nitrogen and oxygen atoms in total. The Morgan fingerprint density at radius 2 is 1.80 bits per heavy atom. The molecule has 7 heteroatoms. The van der Waals surface area contributed by atoms with E-state index in [2.05, 4.69) is 0 Å². The average Bonchev–Trinajstić information content (AvgIpc) is 2.74. The van der Waals surface area contributed by atoms with Crippen molar-refractivity contribution >= 4 is 40.6 Å². The summed E-state index contributed by atoms with van der Waals surface area (Å²) in [4.78, 5) is 28.0. The molecule has 30 heavy (non-hydrogen) atoms. The highest BCUT2D eigenvalue weighted by atomic mass is 35.5. The monoisotopic (exact) mass is 445 g/mol. The highest BCUT2D eigenvalue weighted by molar-refractivity contribution is 6.42. The van der Waals surface area contributed by atoms with Crippen molar-refractivity contribution in [3.05, 3.63) is 63.3 Å². The van der Waals surface area contributed by atoms with Crippen molar-refractivity contribution in [2.45, 2.75) is 31.6 Å². The number of ether oxygens (including phenoxy) is 2. The van der Waals surface area contributed by atoms with Crippen LogP contribution in [0.15, 0.2) is 47.7 Å². The van der Waals surface area contributed by atoms with Crippen molar-refractivity contribution in [2.75, 3.05) is 19.1 Å². The molecule has 0 saturated carbocycles. The third-order valence-corrected chi connectivity index (χ3v) is 6.38. The number of Topliss-reactive ketones (excluding diaryl/α,β-unsaturated/α-hetero) is 1. The van der Waals surface area contributed by atoms with Gasteiger partial charge >= 0.3 is 0 Å². The van der Waals surface area contributed by atoms with Crippen molar-refractivity contribution < 1.29 is 19.1 Å². The number of ketones is 1. The maximum Gasteiger partial charge on any atom is 0.232 e. The van der Waals surface area contributed by atoms with Crippen LogP contribution < -0.4 is 14.4 Å². The van der Waals surface area contributed by atoms with Gasteiger partial charge in [0, 0.05) is 35.6 Å². The van der Waals surface area contributed by atoms with Gasteiger partial charge in [-0.15, -0.1) is 0 Å². The van der Waals surface area contributed by atoms with Crippen LogP contribution in [0.25, 0.3) is 0 Å². The smallest absolute Gasteiger partial charge is 0.232 e. The molecule has 0 radical (unpaired) electrons. The van der Waals surface area contributed by atoms with E-state index in [1.165, 1.54) is 0 Å². The summed E-state index contributed by atoms with van der Waals surface area (Å²) in [5, 5.41) is 0.778. The third kappa shape index (κ3) is 3.46. The van der Waals surface area contributed by atoms with Gasteiger partial charge in [0.05, 0.1) is 30.0 Å². The second kappa shape index (κ2) is 8.32. The lowest BCUT2D eigenvalue weighted by atomic mass is 9.76. The topological polar surface area (TPSA) is 55.8 Å². The fraction of sp³-hybridized carbons (Fsp3) is 0.304. The lowest BCUT2D eigenvalue weighted by Gasteiger charge is -2.38. The quantitative estimate of drug-likeness (QED) is 0.619. The number of hydrogen-bond donors (Lipinski definition) is 0. The Morgan fingerprint density at radius 1 is 1.00 bits per heavy atom. The van der Waals surface area contributed by atoms with Gasteiger partial charge in [-0.05, 0) is 37.1 Å². The molecule has 0 N–H and O–H groups in total. The number of nitrogens with zero attached hydrogens (tertiary/aromatic N) is 1. The largest absolute Gasteiger partial charge is 0.493 e. The van der Waals surface area contributed by atoms with Gasteiger partial charge in [-0.2, -0.15) is 0 Å². The van der Waals surface area contributed by atoms with Gasteiger partial charge in [0.15, 0.2) is 17.3 Å². The van der Waals surface area contributed by atoms with Crippen LogP contribution in [0.4, 0.5) is 5.69 Å². The zero-order chi connectivity index (χ0) is 21.4. The summed E-state index contributed by atoms with van der Waals surface area (Å²) in [7, 11) is 3.13. The Balaban J connectivity index is 1.89. The second-order valence-corrected chi connectivity index (χ2v) is 8.12. The fourth-order valence-corrected chi connectivity index (χ4v) is 4.66. The van der Waals surface area contributed by atoms with Crippen LogP contribution in [0.3, 0.4) is 0 Å². The number of benzene rings is 2. The standard InChI is InChI=1S/C23H21Cl2NO4/c1-29-20-8-3-5-14(23(20)30-2)15-12-21(28)26(13-9-10-16(24)17(25)11-13)18-6-4-7-19(27)22(15)18/h3,5,8-11,15H,4,6-7,12H2,1-2H3/t15-/m1/s1. The van der Waals surface area contributed by atoms with Gasteiger partial charge < -0.3 is 9.47 Å². The normalized spacial score (nSPS) is 19.1. The SMILES string of the molecule is COc1cccc([C@H]2CC(=O)N(c3ccc(Cl)c(Cl)c3)C3=C2C(=O)CCC3)c1OC. The van der Waals surface area contributed by atoms with E-state index in [9.17, 15) is 9.59 Å². The highest BCUT2D eigenvalue weighted by Gasteiger charge is 2.41. The summed E-state index contributed by atoms with van der Waals surface area (Å²) in [6.45, 7) is 0. The molecule has 0 bridgehead atoms. The Morgan fingerprint density at radius 3 is 2.50 bits per heavy atom. The van der Waals surface area contributed by atoms with E-state index in [0.29, 0.717) is 52.1 Å². The summed E-state index contributed by atoms with van der Waals surface area (Å²) >= 11 is 12.3. The van der Waals surface area contributed by atoms with E-state index in [1.807, 2.05) is 12.1 Å². The zero-order valence-corrected chi connectivity index (χ0v) is 18.2. The van der Waals surface area contributed by atoms with Gasteiger partial charge in [-0.1, -0.05) is 35.3 Å². The van der Waals surface area contributed by atoms with Crippen molar-refractivity contribution in [3.63, 3.8) is 0 Å². The van der Waals surface area contributed by atoms with Crippen LogP contribution in [0.2, 0.25) is 10.0 Å². The summed E-state index contributed by atoms with van der Waals surface area (Å²) < 4.78 is 11.0. The number of anilines is 1. The fourth-order valence-electron chi connectivity index (χ4n) is 4.37. The van der Waals surface area contributed by atoms with Crippen molar-refractivity contribution in [1.29, 1.82) is 0 Å². The van der Waals surface area contributed by atoms with E-state index < -0.39 is 0 Å². The molecule has 1 heterocycles. The molecule has 0 unspecified atom stereocenters. The number of carbonyl (C=O) groups is 2. The van der Waals surface area contributed by atoms with Crippen molar-refractivity contribution in [2.24, 2.45) is 0 Å². The molecule has 1 aliphatic heterocycles. The number of amides is 1. The minimum atomic E-state index is -0.385. The number of halogens is 2. The predicted molar refractivity (Wildman–Crippen MR) is 117 cm³/mol. The van der Waals surface area contributed by atoms with Crippen LogP contribution in [-0.2, 0) is 9.59 Å². The first-order valence-corrected chi connectivity index (χ1v) is 10.5. The van der Waals surface area contributed by atoms with Gasteiger partial charge in [0.25, 0.3) is 0 Å². The number of methoxy groups -OCH3 is 2. The van der Waals surface area contributed by atoms with Crippen LogP contribution >= 0.6 is 23.2 Å². The molecule has 1 atom stereocenters. The molecule has 2 aromatic rings. The summed E-state index contributed by atoms with van der Waals surface area (Å²) in [6, 6.07) is 10.6. The summed E-state index contributed by atoms with van der Waals surface area (Å²) in [6.07, 6.45) is 1.94. The predicted octanol–water partition coefficient (Wildman–Crippen LogP) is 5.54. The van der Waals surface area contributed by atoms with E-state index in [0.717, 1.165) is 11.3 Å². The van der Waals surface area contributed by atoms with Crippen LogP contribution in [0.5, 0.6) is 11.5 Å². The number of carbonyl (C=O) groups excluding carboxylic acids is 2. The Hall–Kier alpha value is -2.50. The molecule has 2 aliphatic rings. The molecule has 4 rings (SSSR count). The number of para-hydroxylation sites is 1. The maximum absolute atomic E-state index is 13.3. The minimum Gasteiger partial charge on any atom is -0.493 e. The van der Waals surface area contributed by atoms with Crippen molar-refractivity contribution in [1.82, 2.24) is 0 Å². The molecule has 2 aromatic carbocycles. The first kappa shape index (κ1) is 20.8. The molecule has 0 saturated heterocycles. The molecular formula is C23H21Cl2NO4. The molecule has 0 aromatic heterocycles. The molecule has 1 aliphatic carbocycles. The van der Waals surface area contributed by atoms with Crippen LogP contribution in [0.1, 0.15) is 37.2 Å². The van der Waals surface area contributed by atoms with E-state index >= 15 is 0 Å². The van der Waals surface area contributed by atoms with Gasteiger partial charge in [0.1, 0.15) is 0 Å². The number of rotatable bonds is 4. The van der Waals surface area contributed by atoms with Gasteiger partial charge in [-0.25, -0.2) is 0 Å². The van der Waals surface area contributed by atoms with E-state index in [4.69, 9.17) is 32.7 Å². The maximum atomic E-state index is 13.3. The van der Waals surface area contributed by atoms with E-state index in [1.54, 1.807) is 43.4 Å². The average molecular weight is 446 g/mol. The Kier molecular flexibility index (Phi) is 5.76. The molecule has 1 amide bonds. The lowest BCUT2D eigenvalue weighted by Crippen LogP contribution is -2.40. The first-order valence-electron chi connectivity index (χ1n) is 9.71. The zero-order valence-electron chi connectivity index (χ0n) is 16.7. The summed E-state index contributed by atoms with van der Waals surface area (Å²) in [5.74, 6) is 0.690. The number of allylic oxidation sites excluding steroid dienone is 2. The van der Waals surface area contributed by atoms with Crippen molar-refractivity contribution in [3.8, 4) is 11.5 Å². The van der Waals surface area contributed by atoms with Crippen LogP contribution in [0, 0.1) is 0 Å². The van der Waals surface area contributed by atoms with Gasteiger partial charge in [0.2, 0.25) is 5.91 Å².